The summed E-state index contributed by atoms with van der Waals surface area (Å²) in [6, 6.07) is 8.89. The van der Waals surface area contributed by atoms with E-state index in [2.05, 4.69) is 29.6 Å². The summed E-state index contributed by atoms with van der Waals surface area (Å²) in [4.78, 5) is 1.29. The van der Waals surface area contributed by atoms with E-state index in [1.807, 2.05) is 7.05 Å². The molecule has 84 valence electrons. The van der Waals surface area contributed by atoms with Gasteiger partial charge in [0.05, 0.1) is 6.07 Å². The Kier molecular flexibility index (Phi) is 3.87. The van der Waals surface area contributed by atoms with Gasteiger partial charge in [0.1, 0.15) is 6.04 Å². The van der Waals surface area contributed by atoms with Crippen LogP contribution in [0.1, 0.15) is 17.5 Å². The van der Waals surface area contributed by atoms with E-state index in [0.717, 1.165) is 5.75 Å². The lowest BCUT2D eigenvalue weighted by Gasteiger charge is -2.08. The van der Waals surface area contributed by atoms with Gasteiger partial charge in [-0.2, -0.15) is 5.26 Å². The number of hydrogen-bond donors (Lipinski definition) is 1. The number of nitrogens with one attached hydrogen (secondary N) is 1. The average Bonchev–Trinajstić information content (AvgIpc) is 2.77. The first-order valence-electron chi connectivity index (χ1n) is 5.65. The standard InChI is InChI=1S/C13H16N2S/c1-15-12(8-14)9-16-13-6-5-10-3-2-4-11(10)7-13/h5-7,12,15H,2-4,9H2,1H3. The molecular weight excluding hydrogens is 216 g/mol. The van der Waals surface area contributed by atoms with Gasteiger partial charge in [0, 0.05) is 10.6 Å². The van der Waals surface area contributed by atoms with Crippen molar-refractivity contribution in [2.24, 2.45) is 0 Å². The molecule has 2 nitrogen and oxygen atoms in total. The van der Waals surface area contributed by atoms with Crippen LogP contribution in [0.4, 0.5) is 0 Å². The number of nitrogens with zero attached hydrogens (tertiary/aromatic N) is 1. The van der Waals surface area contributed by atoms with Crippen LogP contribution in [0.25, 0.3) is 0 Å². The van der Waals surface area contributed by atoms with Gasteiger partial charge in [0.15, 0.2) is 0 Å². The molecular formula is C13H16N2S. The molecule has 0 radical (unpaired) electrons. The van der Waals surface area contributed by atoms with Gasteiger partial charge < -0.3 is 5.32 Å². The molecule has 1 aromatic carbocycles. The first-order valence-corrected chi connectivity index (χ1v) is 6.63. The lowest BCUT2D eigenvalue weighted by atomic mass is 10.1. The van der Waals surface area contributed by atoms with E-state index in [0.29, 0.717) is 0 Å². The Labute approximate surface area is 101 Å². The Morgan fingerprint density at radius 1 is 1.44 bits per heavy atom. The maximum Gasteiger partial charge on any atom is 0.104 e. The normalized spacial score (nSPS) is 15.5. The molecule has 0 heterocycles. The smallest absolute Gasteiger partial charge is 0.104 e. The zero-order valence-electron chi connectivity index (χ0n) is 9.49. The second-order valence-electron chi connectivity index (χ2n) is 4.07. The predicted octanol–water partition coefficient (Wildman–Crippen LogP) is 2.38. The summed E-state index contributed by atoms with van der Waals surface area (Å²) < 4.78 is 0. The summed E-state index contributed by atoms with van der Waals surface area (Å²) in [7, 11) is 1.83. The maximum absolute atomic E-state index is 8.83. The highest BCUT2D eigenvalue weighted by molar-refractivity contribution is 7.99. The van der Waals surface area contributed by atoms with Crippen molar-refractivity contribution in [3.8, 4) is 6.07 Å². The summed E-state index contributed by atoms with van der Waals surface area (Å²) in [5.74, 6) is 0.811. The number of benzene rings is 1. The monoisotopic (exact) mass is 232 g/mol. The topological polar surface area (TPSA) is 35.8 Å². The lowest BCUT2D eigenvalue weighted by Crippen LogP contribution is -2.25. The molecule has 0 saturated heterocycles. The highest BCUT2D eigenvalue weighted by Gasteiger charge is 2.11. The van der Waals surface area contributed by atoms with Crippen molar-refractivity contribution in [2.75, 3.05) is 12.8 Å². The van der Waals surface area contributed by atoms with Gasteiger partial charge in [-0.15, -0.1) is 11.8 Å². The van der Waals surface area contributed by atoms with Crippen LogP contribution in [0.5, 0.6) is 0 Å². The van der Waals surface area contributed by atoms with Crippen molar-refractivity contribution >= 4 is 11.8 Å². The van der Waals surface area contributed by atoms with E-state index in [-0.39, 0.29) is 6.04 Å². The van der Waals surface area contributed by atoms with Crippen LogP contribution >= 0.6 is 11.8 Å². The third kappa shape index (κ3) is 2.58. The molecule has 0 bridgehead atoms. The van der Waals surface area contributed by atoms with Gasteiger partial charge >= 0.3 is 0 Å². The van der Waals surface area contributed by atoms with E-state index < -0.39 is 0 Å². The van der Waals surface area contributed by atoms with Crippen molar-refractivity contribution in [1.29, 1.82) is 5.26 Å². The molecule has 3 heteroatoms. The van der Waals surface area contributed by atoms with Crippen LogP contribution in [0.15, 0.2) is 23.1 Å². The fourth-order valence-corrected chi connectivity index (χ4v) is 2.99. The second kappa shape index (κ2) is 5.38. The van der Waals surface area contributed by atoms with Gasteiger partial charge in [0.2, 0.25) is 0 Å². The van der Waals surface area contributed by atoms with Gasteiger partial charge in [-0.05, 0) is 49.6 Å². The Balaban J connectivity index is 1.98. The van der Waals surface area contributed by atoms with Crippen molar-refractivity contribution in [3.63, 3.8) is 0 Å². The lowest BCUT2D eigenvalue weighted by molar-refractivity contribution is 0.750. The van der Waals surface area contributed by atoms with E-state index in [1.54, 1.807) is 11.8 Å². The number of fused-ring (bicyclic) bond motifs is 1. The quantitative estimate of drug-likeness (QED) is 0.810. The SMILES string of the molecule is CNC(C#N)CSc1ccc2c(c1)CCC2. The molecule has 1 unspecified atom stereocenters. The summed E-state index contributed by atoms with van der Waals surface area (Å²) in [6.07, 6.45) is 3.75. The fourth-order valence-electron chi connectivity index (χ4n) is 2.00. The second-order valence-corrected chi connectivity index (χ2v) is 5.16. The molecule has 16 heavy (non-hydrogen) atoms. The number of rotatable bonds is 4. The molecule has 0 saturated carbocycles. The fraction of sp³-hybridized carbons (Fsp3) is 0.462. The molecule has 1 aromatic rings. The first kappa shape index (κ1) is 11.5. The molecule has 0 fully saturated rings. The molecule has 1 aliphatic carbocycles. The van der Waals surface area contributed by atoms with Gasteiger partial charge in [-0.25, -0.2) is 0 Å². The molecule has 2 rings (SSSR count). The van der Waals surface area contributed by atoms with Crippen LogP contribution in [0.2, 0.25) is 0 Å². The van der Waals surface area contributed by atoms with Crippen molar-refractivity contribution in [1.82, 2.24) is 5.32 Å². The third-order valence-corrected chi connectivity index (χ3v) is 4.08. The Bertz CT molecular complexity index is 409. The largest absolute Gasteiger partial charge is 0.304 e. The third-order valence-electron chi connectivity index (χ3n) is 2.99. The summed E-state index contributed by atoms with van der Waals surface area (Å²) in [5, 5.41) is 11.8. The zero-order valence-corrected chi connectivity index (χ0v) is 10.3. The molecule has 0 spiro atoms. The molecule has 0 amide bonds. The molecule has 1 N–H and O–H groups in total. The first-order chi connectivity index (χ1) is 7.83. The van der Waals surface area contributed by atoms with Gasteiger partial charge in [0.25, 0.3) is 0 Å². The minimum atomic E-state index is -0.0572. The van der Waals surface area contributed by atoms with Crippen LogP contribution < -0.4 is 5.32 Å². The number of hydrogen-bond acceptors (Lipinski definition) is 3. The average molecular weight is 232 g/mol. The minimum Gasteiger partial charge on any atom is -0.304 e. The van der Waals surface area contributed by atoms with E-state index >= 15 is 0 Å². The van der Waals surface area contributed by atoms with Crippen molar-refractivity contribution < 1.29 is 0 Å². The van der Waals surface area contributed by atoms with Crippen LogP contribution in [-0.4, -0.2) is 18.8 Å². The Hall–Kier alpha value is -0.980. The molecule has 0 aromatic heterocycles. The Morgan fingerprint density at radius 2 is 2.25 bits per heavy atom. The maximum atomic E-state index is 8.83. The highest BCUT2D eigenvalue weighted by Crippen LogP contribution is 2.27. The van der Waals surface area contributed by atoms with Crippen LogP contribution in [-0.2, 0) is 12.8 Å². The predicted molar refractivity (Wildman–Crippen MR) is 67.7 cm³/mol. The highest BCUT2D eigenvalue weighted by atomic mass is 32.2. The van der Waals surface area contributed by atoms with Crippen molar-refractivity contribution in [2.45, 2.75) is 30.2 Å². The summed E-state index contributed by atoms with van der Waals surface area (Å²) in [5.41, 5.74) is 3.01. The number of nitriles is 1. The van der Waals surface area contributed by atoms with E-state index in [9.17, 15) is 0 Å². The van der Waals surface area contributed by atoms with Crippen molar-refractivity contribution in [3.05, 3.63) is 29.3 Å². The molecule has 1 atom stereocenters. The van der Waals surface area contributed by atoms with Crippen LogP contribution in [0, 0.1) is 11.3 Å². The summed E-state index contributed by atoms with van der Waals surface area (Å²) in [6.45, 7) is 0. The molecule has 0 aliphatic heterocycles. The minimum absolute atomic E-state index is 0.0572. The number of thioether (sulfide) groups is 1. The summed E-state index contributed by atoms with van der Waals surface area (Å²) >= 11 is 1.76. The number of aryl methyl sites for hydroxylation is 2. The van der Waals surface area contributed by atoms with E-state index in [1.165, 1.54) is 35.3 Å². The van der Waals surface area contributed by atoms with Gasteiger partial charge in [-0.3, -0.25) is 0 Å². The van der Waals surface area contributed by atoms with Crippen LogP contribution in [0.3, 0.4) is 0 Å². The van der Waals surface area contributed by atoms with E-state index in [4.69, 9.17) is 5.26 Å². The Morgan fingerprint density at radius 3 is 3.00 bits per heavy atom. The molecule has 1 aliphatic rings. The van der Waals surface area contributed by atoms with Gasteiger partial charge in [-0.1, -0.05) is 6.07 Å². The zero-order chi connectivity index (χ0) is 11.4.